The third kappa shape index (κ3) is 4.68. The van der Waals surface area contributed by atoms with E-state index in [2.05, 4.69) is 11.4 Å². The highest BCUT2D eigenvalue weighted by Crippen LogP contribution is 2.36. The largest absolute Gasteiger partial charge is 0.444 e. The smallest absolute Gasteiger partial charge is 0.407 e. The number of rotatable bonds is 3. The number of hydrogen-bond acceptors (Lipinski definition) is 3. The maximum atomic E-state index is 11.3. The highest BCUT2D eigenvalue weighted by molar-refractivity contribution is 5.67. The molecule has 1 amide bonds. The summed E-state index contributed by atoms with van der Waals surface area (Å²) >= 11 is 0. The summed E-state index contributed by atoms with van der Waals surface area (Å²) in [7, 11) is 0. The first-order valence-corrected chi connectivity index (χ1v) is 5.29. The molecule has 0 radical (unpaired) electrons. The molecule has 4 heteroatoms. The van der Waals surface area contributed by atoms with Crippen LogP contribution < -0.4 is 5.32 Å². The fourth-order valence-corrected chi connectivity index (χ4v) is 1.32. The van der Waals surface area contributed by atoms with E-state index in [4.69, 9.17) is 10.00 Å². The quantitative estimate of drug-likeness (QED) is 0.775. The van der Waals surface area contributed by atoms with Crippen molar-refractivity contribution in [1.82, 2.24) is 5.32 Å². The van der Waals surface area contributed by atoms with Gasteiger partial charge in [-0.05, 0) is 39.5 Å². The van der Waals surface area contributed by atoms with Crippen LogP contribution in [0.4, 0.5) is 4.79 Å². The number of carbonyl (C=O) groups is 1. The van der Waals surface area contributed by atoms with Crippen molar-refractivity contribution in [1.29, 1.82) is 5.26 Å². The minimum absolute atomic E-state index is 0.0579. The molecule has 0 aliphatic heterocycles. The zero-order chi connectivity index (χ0) is 11.5. The monoisotopic (exact) mass is 210 g/mol. The molecule has 1 fully saturated rings. The van der Waals surface area contributed by atoms with Gasteiger partial charge in [-0.3, -0.25) is 0 Å². The topological polar surface area (TPSA) is 62.1 Å². The molecule has 1 N–H and O–H groups in total. The lowest BCUT2D eigenvalue weighted by atomic mass is 10.1. The summed E-state index contributed by atoms with van der Waals surface area (Å²) in [6.07, 6.45) is 1.77. The number of nitriles is 1. The maximum Gasteiger partial charge on any atom is 0.407 e. The van der Waals surface area contributed by atoms with Crippen LogP contribution in [0.25, 0.3) is 0 Å². The van der Waals surface area contributed by atoms with Gasteiger partial charge in [0.25, 0.3) is 0 Å². The molecule has 0 saturated heterocycles. The Balaban J connectivity index is 2.24. The molecule has 0 aromatic heterocycles. The number of hydrogen-bond donors (Lipinski definition) is 1. The van der Waals surface area contributed by atoms with E-state index >= 15 is 0 Å². The van der Waals surface area contributed by atoms with Gasteiger partial charge in [0.15, 0.2) is 0 Å². The van der Waals surface area contributed by atoms with E-state index in [0.717, 1.165) is 12.8 Å². The Bertz CT molecular complexity index is 271. The molecule has 0 spiro atoms. The zero-order valence-corrected chi connectivity index (χ0v) is 9.54. The van der Waals surface area contributed by atoms with Crippen LogP contribution in [0.2, 0.25) is 0 Å². The van der Waals surface area contributed by atoms with Gasteiger partial charge in [-0.15, -0.1) is 0 Å². The number of nitrogens with zero attached hydrogens (tertiary/aromatic N) is 1. The lowest BCUT2D eigenvalue weighted by molar-refractivity contribution is 0.0522. The van der Waals surface area contributed by atoms with Gasteiger partial charge in [0.2, 0.25) is 0 Å². The Hall–Kier alpha value is -1.24. The molecule has 1 atom stereocenters. The fraction of sp³-hybridized carbons (Fsp3) is 0.818. The van der Waals surface area contributed by atoms with E-state index < -0.39 is 11.7 Å². The first-order chi connectivity index (χ1) is 6.92. The molecular weight excluding hydrogens is 192 g/mol. The van der Waals surface area contributed by atoms with E-state index in [0.29, 0.717) is 12.5 Å². The van der Waals surface area contributed by atoms with Gasteiger partial charge in [0.05, 0.1) is 12.0 Å². The normalized spacial score (nSPS) is 17.7. The van der Waals surface area contributed by atoms with Crippen LogP contribution in [0.1, 0.15) is 33.6 Å². The van der Waals surface area contributed by atoms with Crippen molar-refractivity contribution in [3.8, 4) is 6.07 Å². The van der Waals surface area contributed by atoms with E-state index in [1.54, 1.807) is 0 Å². The Kier molecular flexibility index (Phi) is 3.57. The fourth-order valence-electron chi connectivity index (χ4n) is 1.32. The van der Waals surface area contributed by atoms with E-state index in [9.17, 15) is 4.79 Å². The second-order valence-electron chi connectivity index (χ2n) is 4.96. The van der Waals surface area contributed by atoms with Crippen LogP contribution in [-0.2, 0) is 4.74 Å². The van der Waals surface area contributed by atoms with E-state index in [1.807, 2.05) is 20.8 Å². The molecule has 1 saturated carbocycles. The molecule has 1 unspecified atom stereocenters. The average molecular weight is 210 g/mol. The predicted molar refractivity (Wildman–Crippen MR) is 56.1 cm³/mol. The minimum atomic E-state index is -0.480. The van der Waals surface area contributed by atoms with Crippen LogP contribution in [0, 0.1) is 23.2 Å². The van der Waals surface area contributed by atoms with Crippen molar-refractivity contribution < 1.29 is 9.53 Å². The highest BCUT2D eigenvalue weighted by Gasteiger charge is 2.31. The van der Waals surface area contributed by atoms with Crippen molar-refractivity contribution >= 4 is 6.09 Å². The summed E-state index contributed by atoms with van der Waals surface area (Å²) in [5, 5.41) is 11.5. The molecule has 1 aliphatic rings. The maximum absolute atomic E-state index is 11.3. The average Bonchev–Trinajstić information content (AvgIpc) is 2.85. The van der Waals surface area contributed by atoms with Gasteiger partial charge in [0, 0.05) is 6.54 Å². The van der Waals surface area contributed by atoms with Gasteiger partial charge in [-0.25, -0.2) is 4.79 Å². The van der Waals surface area contributed by atoms with Crippen LogP contribution in [0.3, 0.4) is 0 Å². The summed E-state index contributed by atoms with van der Waals surface area (Å²) in [5.74, 6) is 0.419. The van der Waals surface area contributed by atoms with Crippen molar-refractivity contribution in [3.63, 3.8) is 0 Å². The SMILES string of the molecule is CC(C)(C)OC(=O)NCC(C#N)C1CC1. The van der Waals surface area contributed by atoms with E-state index in [1.165, 1.54) is 0 Å². The standard InChI is InChI=1S/C11H18N2O2/c1-11(2,3)15-10(14)13-7-9(6-12)8-4-5-8/h8-9H,4-5,7H2,1-3H3,(H,13,14). The summed E-state index contributed by atoms with van der Waals surface area (Å²) in [4.78, 5) is 11.3. The Morgan fingerprint density at radius 1 is 1.60 bits per heavy atom. The Labute approximate surface area is 90.6 Å². The Morgan fingerprint density at radius 2 is 2.20 bits per heavy atom. The van der Waals surface area contributed by atoms with Crippen molar-refractivity contribution in [2.75, 3.05) is 6.54 Å². The third-order valence-corrected chi connectivity index (χ3v) is 2.22. The van der Waals surface area contributed by atoms with Crippen molar-refractivity contribution in [3.05, 3.63) is 0 Å². The third-order valence-electron chi connectivity index (χ3n) is 2.22. The lowest BCUT2D eigenvalue weighted by Gasteiger charge is -2.20. The summed E-state index contributed by atoms with van der Waals surface area (Å²) in [6.45, 7) is 5.84. The molecule has 0 aromatic carbocycles. The second-order valence-corrected chi connectivity index (χ2v) is 4.96. The summed E-state index contributed by atoms with van der Waals surface area (Å²) < 4.78 is 5.07. The number of amides is 1. The van der Waals surface area contributed by atoms with Crippen molar-refractivity contribution in [2.24, 2.45) is 11.8 Å². The van der Waals surface area contributed by atoms with E-state index in [-0.39, 0.29) is 5.92 Å². The molecule has 15 heavy (non-hydrogen) atoms. The van der Waals surface area contributed by atoms with Gasteiger partial charge in [-0.1, -0.05) is 0 Å². The molecular formula is C11H18N2O2. The molecule has 0 bridgehead atoms. The van der Waals surface area contributed by atoms with Gasteiger partial charge in [0.1, 0.15) is 5.60 Å². The summed E-state index contributed by atoms with van der Waals surface area (Å²) in [6, 6.07) is 2.21. The van der Waals surface area contributed by atoms with Gasteiger partial charge >= 0.3 is 6.09 Å². The minimum Gasteiger partial charge on any atom is -0.444 e. The predicted octanol–water partition coefficient (Wildman–Crippen LogP) is 2.06. The van der Waals surface area contributed by atoms with Crippen LogP contribution in [0.15, 0.2) is 0 Å². The first-order valence-electron chi connectivity index (χ1n) is 5.29. The molecule has 84 valence electrons. The number of ether oxygens (including phenoxy) is 1. The highest BCUT2D eigenvalue weighted by atomic mass is 16.6. The lowest BCUT2D eigenvalue weighted by Crippen LogP contribution is -2.35. The molecule has 0 aromatic rings. The number of carbonyl (C=O) groups excluding carboxylic acids is 1. The first kappa shape index (κ1) is 11.8. The zero-order valence-electron chi connectivity index (χ0n) is 9.54. The van der Waals surface area contributed by atoms with Crippen LogP contribution >= 0.6 is 0 Å². The molecule has 1 aliphatic carbocycles. The second kappa shape index (κ2) is 4.52. The van der Waals surface area contributed by atoms with Crippen LogP contribution in [-0.4, -0.2) is 18.2 Å². The summed E-state index contributed by atoms with van der Waals surface area (Å²) in [5.41, 5.74) is -0.480. The van der Waals surface area contributed by atoms with Crippen molar-refractivity contribution in [2.45, 2.75) is 39.2 Å². The number of alkyl carbamates (subject to hydrolysis) is 1. The van der Waals surface area contributed by atoms with Gasteiger partial charge < -0.3 is 10.1 Å². The number of nitrogens with one attached hydrogen (secondary N) is 1. The molecule has 4 nitrogen and oxygen atoms in total. The van der Waals surface area contributed by atoms with Crippen LogP contribution in [0.5, 0.6) is 0 Å². The Morgan fingerprint density at radius 3 is 2.60 bits per heavy atom. The van der Waals surface area contributed by atoms with Gasteiger partial charge in [-0.2, -0.15) is 5.26 Å². The molecule has 1 rings (SSSR count). The molecule has 0 heterocycles.